The van der Waals surface area contributed by atoms with Crippen LogP contribution < -0.4 is 20.1 Å². The lowest BCUT2D eigenvalue weighted by Crippen LogP contribution is -2.31. The molecule has 1 aromatic heterocycles. The van der Waals surface area contributed by atoms with Gasteiger partial charge in [0.2, 0.25) is 5.95 Å². The summed E-state index contributed by atoms with van der Waals surface area (Å²) in [4.78, 5) is 17.6. The quantitative estimate of drug-likeness (QED) is 0.651. The zero-order valence-corrected chi connectivity index (χ0v) is 17.0. The molecule has 1 amide bonds. The Morgan fingerprint density at radius 2 is 1.97 bits per heavy atom. The third-order valence-corrected chi connectivity index (χ3v) is 4.90. The maximum Gasteiger partial charge on any atom is 0.255 e. The van der Waals surface area contributed by atoms with Crippen LogP contribution in [0.3, 0.4) is 0 Å². The van der Waals surface area contributed by atoms with Gasteiger partial charge in [0.05, 0.1) is 25.0 Å². The number of fused-ring (bicyclic) bond motifs is 1. The SMILES string of the molecule is CCOc1ccc(C2C(C(=O)Nc3ccccc3OC)=C(C)Nc3ncnn32)cc1. The van der Waals surface area contributed by atoms with E-state index in [9.17, 15) is 4.79 Å². The summed E-state index contributed by atoms with van der Waals surface area (Å²) in [5.74, 6) is 1.70. The van der Waals surface area contributed by atoms with Crippen molar-refractivity contribution in [1.82, 2.24) is 14.8 Å². The third-order valence-electron chi connectivity index (χ3n) is 4.90. The first-order valence-electron chi connectivity index (χ1n) is 9.66. The van der Waals surface area contributed by atoms with E-state index in [1.807, 2.05) is 50.2 Å². The molecule has 0 saturated carbocycles. The number of methoxy groups -OCH3 is 1. The number of rotatable bonds is 6. The zero-order chi connectivity index (χ0) is 21.1. The largest absolute Gasteiger partial charge is 0.495 e. The van der Waals surface area contributed by atoms with Gasteiger partial charge in [-0.1, -0.05) is 24.3 Å². The number of amides is 1. The highest BCUT2D eigenvalue weighted by Gasteiger charge is 2.33. The van der Waals surface area contributed by atoms with E-state index >= 15 is 0 Å². The van der Waals surface area contributed by atoms with Crippen molar-refractivity contribution >= 4 is 17.5 Å². The second kappa shape index (κ2) is 8.28. The number of hydrogen-bond donors (Lipinski definition) is 2. The van der Waals surface area contributed by atoms with E-state index in [2.05, 4.69) is 20.7 Å². The van der Waals surface area contributed by atoms with E-state index in [0.29, 0.717) is 35.3 Å². The molecule has 2 heterocycles. The number of aromatic nitrogens is 3. The first-order valence-corrected chi connectivity index (χ1v) is 9.66. The summed E-state index contributed by atoms with van der Waals surface area (Å²) in [6, 6.07) is 14.5. The fraction of sp³-hybridized carbons (Fsp3) is 0.227. The molecule has 1 aliphatic rings. The van der Waals surface area contributed by atoms with Crippen molar-refractivity contribution in [3.63, 3.8) is 0 Å². The summed E-state index contributed by atoms with van der Waals surface area (Å²) >= 11 is 0. The maximum atomic E-state index is 13.4. The van der Waals surface area contributed by atoms with Gasteiger partial charge in [0.1, 0.15) is 23.9 Å². The molecule has 1 aliphatic heterocycles. The fourth-order valence-electron chi connectivity index (χ4n) is 3.54. The van der Waals surface area contributed by atoms with E-state index < -0.39 is 6.04 Å². The highest BCUT2D eigenvalue weighted by Crippen LogP contribution is 2.36. The summed E-state index contributed by atoms with van der Waals surface area (Å²) < 4.78 is 12.6. The van der Waals surface area contributed by atoms with E-state index in [-0.39, 0.29) is 5.91 Å². The van der Waals surface area contributed by atoms with Crippen LogP contribution in [0.2, 0.25) is 0 Å². The van der Waals surface area contributed by atoms with Crippen LogP contribution in [0.4, 0.5) is 11.6 Å². The molecule has 30 heavy (non-hydrogen) atoms. The Morgan fingerprint density at radius 3 is 2.70 bits per heavy atom. The predicted molar refractivity (Wildman–Crippen MR) is 114 cm³/mol. The average Bonchev–Trinajstić information content (AvgIpc) is 3.22. The van der Waals surface area contributed by atoms with Crippen LogP contribution in [0.15, 0.2) is 66.1 Å². The van der Waals surface area contributed by atoms with Crippen molar-refractivity contribution in [2.24, 2.45) is 0 Å². The highest BCUT2D eigenvalue weighted by molar-refractivity contribution is 6.06. The molecule has 4 rings (SSSR count). The summed E-state index contributed by atoms with van der Waals surface area (Å²) in [5.41, 5.74) is 2.75. The molecule has 0 fully saturated rings. The monoisotopic (exact) mass is 405 g/mol. The molecular weight excluding hydrogens is 382 g/mol. The molecule has 2 aromatic carbocycles. The van der Waals surface area contributed by atoms with Crippen LogP contribution in [-0.4, -0.2) is 34.4 Å². The first kappa shape index (κ1) is 19.5. The lowest BCUT2D eigenvalue weighted by molar-refractivity contribution is -0.113. The molecule has 0 saturated heterocycles. The number of ether oxygens (including phenoxy) is 2. The Hall–Kier alpha value is -3.81. The van der Waals surface area contributed by atoms with Crippen molar-refractivity contribution < 1.29 is 14.3 Å². The maximum absolute atomic E-state index is 13.4. The van der Waals surface area contributed by atoms with Crippen molar-refractivity contribution in [3.05, 3.63) is 71.7 Å². The standard InChI is InChI=1S/C22H23N5O3/c1-4-30-16-11-9-15(10-12-16)20-19(14(2)25-22-23-13-24-27(20)22)21(28)26-17-7-5-6-8-18(17)29-3/h5-13,20H,4H2,1-3H3,(H,26,28)(H,23,24,25). The number of carbonyl (C=O) groups excluding carboxylic acids is 1. The van der Waals surface area contributed by atoms with Gasteiger partial charge in [-0.2, -0.15) is 10.1 Å². The van der Waals surface area contributed by atoms with E-state index in [4.69, 9.17) is 9.47 Å². The van der Waals surface area contributed by atoms with Gasteiger partial charge in [-0.25, -0.2) is 4.68 Å². The molecule has 0 aliphatic carbocycles. The van der Waals surface area contributed by atoms with Gasteiger partial charge < -0.3 is 20.1 Å². The first-order chi connectivity index (χ1) is 14.6. The van der Waals surface area contributed by atoms with Crippen LogP contribution in [-0.2, 0) is 4.79 Å². The molecule has 8 nitrogen and oxygen atoms in total. The summed E-state index contributed by atoms with van der Waals surface area (Å²) in [5, 5.41) is 10.5. The molecule has 3 aromatic rings. The minimum Gasteiger partial charge on any atom is -0.495 e. The zero-order valence-electron chi connectivity index (χ0n) is 17.0. The second-order valence-corrected chi connectivity index (χ2v) is 6.75. The van der Waals surface area contributed by atoms with Crippen LogP contribution in [0.1, 0.15) is 25.5 Å². The van der Waals surface area contributed by atoms with Gasteiger partial charge in [-0.05, 0) is 43.7 Å². The Morgan fingerprint density at radius 1 is 1.20 bits per heavy atom. The van der Waals surface area contributed by atoms with E-state index in [1.54, 1.807) is 23.9 Å². The van der Waals surface area contributed by atoms with E-state index in [1.165, 1.54) is 6.33 Å². The average molecular weight is 405 g/mol. The third kappa shape index (κ3) is 3.59. The summed E-state index contributed by atoms with van der Waals surface area (Å²) in [7, 11) is 1.57. The normalized spacial score (nSPS) is 15.2. The summed E-state index contributed by atoms with van der Waals surface area (Å²) in [6.07, 6.45) is 1.47. The minimum absolute atomic E-state index is 0.246. The Kier molecular flexibility index (Phi) is 5.38. The lowest BCUT2D eigenvalue weighted by atomic mass is 9.95. The molecule has 0 radical (unpaired) electrons. The van der Waals surface area contributed by atoms with Gasteiger partial charge in [-0.15, -0.1) is 0 Å². The van der Waals surface area contributed by atoms with E-state index in [0.717, 1.165) is 11.3 Å². The van der Waals surface area contributed by atoms with Crippen molar-refractivity contribution in [3.8, 4) is 11.5 Å². The van der Waals surface area contributed by atoms with Gasteiger partial charge in [0, 0.05) is 5.70 Å². The number of nitrogens with zero attached hydrogens (tertiary/aromatic N) is 3. The number of carbonyl (C=O) groups is 1. The van der Waals surface area contributed by atoms with Gasteiger partial charge in [-0.3, -0.25) is 4.79 Å². The number of allylic oxidation sites excluding steroid dienone is 1. The second-order valence-electron chi connectivity index (χ2n) is 6.75. The molecule has 1 atom stereocenters. The number of benzene rings is 2. The number of hydrogen-bond acceptors (Lipinski definition) is 6. The molecular formula is C22H23N5O3. The number of para-hydroxylation sites is 2. The molecule has 1 unspecified atom stereocenters. The lowest BCUT2D eigenvalue weighted by Gasteiger charge is -2.29. The smallest absolute Gasteiger partial charge is 0.255 e. The topological polar surface area (TPSA) is 90.3 Å². The molecule has 2 N–H and O–H groups in total. The van der Waals surface area contributed by atoms with Crippen LogP contribution in [0, 0.1) is 0 Å². The van der Waals surface area contributed by atoms with Crippen LogP contribution >= 0.6 is 0 Å². The van der Waals surface area contributed by atoms with Crippen LogP contribution in [0.5, 0.6) is 11.5 Å². The molecule has 154 valence electrons. The van der Waals surface area contributed by atoms with Crippen LogP contribution in [0.25, 0.3) is 0 Å². The minimum atomic E-state index is -0.436. The van der Waals surface area contributed by atoms with Crippen molar-refractivity contribution in [1.29, 1.82) is 0 Å². The molecule has 0 bridgehead atoms. The fourth-order valence-corrected chi connectivity index (χ4v) is 3.54. The Labute approximate surface area is 174 Å². The van der Waals surface area contributed by atoms with Gasteiger partial charge in [0.25, 0.3) is 5.91 Å². The predicted octanol–water partition coefficient (Wildman–Crippen LogP) is 3.61. The van der Waals surface area contributed by atoms with Crippen molar-refractivity contribution in [2.45, 2.75) is 19.9 Å². The Balaban J connectivity index is 1.73. The number of nitrogens with one attached hydrogen (secondary N) is 2. The number of anilines is 2. The Bertz CT molecular complexity index is 1090. The van der Waals surface area contributed by atoms with Gasteiger partial charge in [0.15, 0.2) is 0 Å². The van der Waals surface area contributed by atoms with Gasteiger partial charge >= 0.3 is 0 Å². The molecule has 0 spiro atoms. The molecule has 8 heteroatoms. The highest BCUT2D eigenvalue weighted by atomic mass is 16.5. The summed E-state index contributed by atoms with van der Waals surface area (Å²) in [6.45, 7) is 4.39. The van der Waals surface area contributed by atoms with Crippen molar-refractivity contribution in [2.75, 3.05) is 24.4 Å².